The topological polar surface area (TPSA) is 88.4 Å². The van der Waals surface area contributed by atoms with E-state index in [-0.39, 0.29) is 29.0 Å². The molecule has 0 radical (unpaired) electrons. The first-order valence-electron chi connectivity index (χ1n) is 8.40. The zero-order chi connectivity index (χ0) is 19.4. The Morgan fingerprint density at radius 3 is 2.70 bits per heavy atom. The number of amides is 1. The largest absolute Gasteiger partial charge is 0.459 e. The van der Waals surface area contributed by atoms with Crippen molar-refractivity contribution in [3.63, 3.8) is 0 Å². The van der Waals surface area contributed by atoms with E-state index in [4.69, 9.17) is 4.42 Å². The van der Waals surface area contributed by atoms with Crippen LogP contribution in [0.5, 0.6) is 0 Å². The second-order valence-electron chi connectivity index (χ2n) is 6.05. The molecule has 0 saturated heterocycles. The lowest BCUT2D eigenvalue weighted by Gasteiger charge is -2.12. The molecule has 6 nitrogen and oxygen atoms in total. The van der Waals surface area contributed by atoms with Gasteiger partial charge in [0.25, 0.3) is 5.91 Å². The molecule has 3 rings (SSSR count). The standard InChI is InChI=1S/C20H20N2O4S/c1-3-11-21-27(24,25)17-9-6-8-16(12-17)20(23)22-14(2)19-13-15-7-4-5-10-18(15)26-19/h3-10,12-14,21H,1,11H2,2H3,(H,22,23)/t14-/m1/s1. The van der Waals surface area contributed by atoms with Gasteiger partial charge in [-0.1, -0.05) is 30.3 Å². The average Bonchev–Trinajstić information content (AvgIpc) is 3.11. The number of furan rings is 1. The molecule has 7 heteroatoms. The molecule has 0 aliphatic carbocycles. The minimum absolute atomic E-state index is 0.0217. The molecule has 1 amide bonds. The fourth-order valence-electron chi connectivity index (χ4n) is 2.62. The zero-order valence-corrected chi connectivity index (χ0v) is 15.6. The highest BCUT2D eigenvalue weighted by Gasteiger charge is 2.18. The van der Waals surface area contributed by atoms with Gasteiger partial charge in [0.1, 0.15) is 11.3 Å². The van der Waals surface area contributed by atoms with Crippen LogP contribution in [0.1, 0.15) is 29.1 Å². The van der Waals surface area contributed by atoms with Crippen LogP contribution in [-0.4, -0.2) is 20.9 Å². The number of carbonyl (C=O) groups is 1. The van der Waals surface area contributed by atoms with E-state index in [1.807, 2.05) is 37.3 Å². The fraction of sp³-hybridized carbons (Fsp3) is 0.150. The normalized spacial score (nSPS) is 12.6. The van der Waals surface area contributed by atoms with Crippen molar-refractivity contribution in [2.24, 2.45) is 0 Å². The van der Waals surface area contributed by atoms with Crippen molar-refractivity contribution in [3.05, 3.63) is 78.6 Å². The number of fused-ring (bicyclic) bond motifs is 1. The first-order chi connectivity index (χ1) is 12.9. The van der Waals surface area contributed by atoms with Gasteiger partial charge in [0.15, 0.2) is 0 Å². The van der Waals surface area contributed by atoms with E-state index < -0.39 is 10.0 Å². The van der Waals surface area contributed by atoms with Crippen LogP contribution in [0.15, 0.2) is 76.6 Å². The molecule has 0 saturated carbocycles. The predicted molar refractivity (Wildman–Crippen MR) is 104 cm³/mol. The predicted octanol–water partition coefficient (Wildman–Crippen LogP) is 3.39. The highest BCUT2D eigenvalue weighted by molar-refractivity contribution is 7.89. The Bertz CT molecular complexity index is 1050. The summed E-state index contributed by atoms with van der Waals surface area (Å²) in [6.07, 6.45) is 1.45. The molecule has 0 spiro atoms. The highest BCUT2D eigenvalue weighted by Crippen LogP contribution is 2.24. The number of sulfonamides is 1. The highest BCUT2D eigenvalue weighted by atomic mass is 32.2. The van der Waals surface area contributed by atoms with E-state index >= 15 is 0 Å². The van der Waals surface area contributed by atoms with Gasteiger partial charge >= 0.3 is 0 Å². The number of nitrogens with one attached hydrogen (secondary N) is 2. The van der Waals surface area contributed by atoms with Crippen molar-refractivity contribution in [2.75, 3.05) is 6.54 Å². The lowest BCUT2D eigenvalue weighted by molar-refractivity contribution is 0.0935. The minimum atomic E-state index is -3.70. The fourth-order valence-corrected chi connectivity index (χ4v) is 3.67. The van der Waals surface area contributed by atoms with E-state index in [0.29, 0.717) is 5.76 Å². The summed E-state index contributed by atoms with van der Waals surface area (Å²) in [5, 5.41) is 3.78. The number of para-hydroxylation sites is 1. The SMILES string of the molecule is C=CCNS(=O)(=O)c1cccc(C(=O)N[C@H](C)c2cc3ccccc3o2)c1. The molecule has 27 heavy (non-hydrogen) atoms. The maximum Gasteiger partial charge on any atom is 0.251 e. The molecule has 0 bridgehead atoms. The van der Waals surface area contributed by atoms with Crippen LogP contribution in [0.3, 0.4) is 0 Å². The maximum atomic E-state index is 12.6. The Morgan fingerprint density at radius 1 is 1.19 bits per heavy atom. The van der Waals surface area contributed by atoms with Gasteiger partial charge in [0.05, 0.1) is 10.9 Å². The van der Waals surface area contributed by atoms with Crippen molar-refractivity contribution in [1.29, 1.82) is 0 Å². The number of hydrogen-bond acceptors (Lipinski definition) is 4. The van der Waals surface area contributed by atoms with Crippen LogP contribution in [0.25, 0.3) is 11.0 Å². The minimum Gasteiger partial charge on any atom is -0.459 e. The average molecular weight is 384 g/mol. The van der Waals surface area contributed by atoms with Crippen LogP contribution >= 0.6 is 0 Å². The monoisotopic (exact) mass is 384 g/mol. The maximum absolute atomic E-state index is 12.6. The number of hydrogen-bond donors (Lipinski definition) is 2. The van der Waals surface area contributed by atoms with Crippen molar-refractivity contribution in [2.45, 2.75) is 17.9 Å². The Labute approximate surface area is 157 Å². The van der Waals surface area contributed by atoms with E-state index in [1.165, 1.54) is 24.3 Å². The van der Waals surface area contributed by atoms with Crippen LogP contribution in [0.2, 0.25) is 0 Å². The van der Waals surface area contributed by atoms with Crippen molar-refractivity contribution in [1.82, 2.24) is 10.0 Å². The van der Waals surface area contributed by atoms with Crippen molar-refractivity contribution in [3.8, 4) is 0 Å². The molecule has 0 fully saturated rings. The Balaban J connectivity index is 1.77. The van der Waals surface area contributed by atoms with E-state index in [9.17, 15) is 13.2 Å². The van der Waals surface area contributed by atoms with Gasteiger partial charge in [0.2, 0.25) is 10.0 Å². The van der Waals surface area contributed by atoms with Gasteiger partial charge in [-0.05, 0) is 37.3 Å². The summed E-state index contributed by atoms with van der Waals surface area (Å²) in [6, 6.07) is 15.0. The molecule has 1 aromatic heterocycles. The van der Waals surface area contributed by atoms with E-state index in [2.05, 4.69) is 16.6 Å². The molecule has 140 valence electrons. The summed E-state index contributed by atoms with van der Waals surface area (Å²) < 4.78 is 32.5. The Kier molecular flexibility index (Phi) is 5.43. The molecule has 2 N–H and O–H groups in total. The summed E-state index contributed by atoms with van der Waals surface area (Å²) in [5.41, 5.74) is 0.995. The van der Waals surface area contributed by atoms with Crippen LogP contribution in [-0.2, 0) is 10.0 Å². The van der Waals surface area contributed by atoms with Gasteiger partial charge in [-0.25, -0.2) is 13.1 Å². The summed E-state index contributed by atoms with van der Waals surface area (Å²) in [5.74, 6) is 0.240. The second-order valence-corrected chi connectivity index (χ2v) is 7.82. The number of rotatable bonds is 7. The number of carbonyl (C=O) groups excluding carboxylic acids is 1. The first kappa shape index (κ1) is 18.9. The summed E-state index contributed by atoms with van der Waals surface area (Å²) in [4.78, 5) is 12.6. The quantitative estimate of drug-likeness (QED) is 0.611. The van der Waals surface area contributed by atoms with Gasteiger partial charge in [-0.15, -0.1) is 6.58 Å². The molecule has 1 atom stereocenters. The van der Waals surface area contributed by atoms with Crippen LogP contribution in [0, 0.1) is 0 Å². The Hall–Kier alpha value is -2.90. The Morgan fingerprint density at radius 2 is 1.96 bits per heavy atom. The smallest absolute Gasteiger partial charge is 0.251 e. The number of benzene rings is 2. The third-order valence-electron chi connectivity index (χ3n) is 4.04. The van der Waals surface area contributed by atoms with Crippen molar-refractivity contribution < 1.29 is 17.6 Å². The molecular weight excluding hydrogens is 364 g/mol. The van der Waals surface area contributed by atoms with E-state index in [0.717, 1.165) is 11.0 Å². The van der Waals surface area contributed by atoms with Crippen LogP contribution in [0.4, 0.5) is 0 Å². The van der Waals surface area contributed by atoms with E-state index in [1.54, 1.807) is 6.07 Å². The molecule has 1 heterocycles. The molecule has 0 unspecified atom stereocenters. The van der Waals surface area contributed by atoms with Gasteiger partial charge in [-0.3, -0.25) is 4.79 Å². The van der Waals surface area contributed by atoms with Gasteiger partial charge in [-0.2, -0.15) is 0 Å². The lowest BCUT2D eigenvalue weighted by Crippen LogP contribution is -2.27. The molecular formula is C20H20N2O4S. The molecule has 0 aliphatic rings. The third kappa shape index (κ3) is 4.27. The molecule has 2 aromatic carbocycles. The van der Waals surface area contributed by atoms with Gasteiger partial charge < -0.3 is 9.73 Å². The first-order valence-corrected chi connectivity index (χ1v) is 9.89. The molecule has 3 aromatic rings. The second kappa shape index (κ2) is 7.77. The van der Waals surface area contributed by atoms with Crippen LogP contribution < -0.4 is 10.0 Å². The summed E-state index contributed by atoms with van der Waals surface area (Å²) in [6.45, 7) is 5.40. The molecule has 0 aliphatic heterocycles. The summed E-state index contributed by atoms with van der Waals surface area (Å²) in [7, 11) is -3.70. The lowest BCUT2D eigenvalue weighted by atomic mass is 10.1. The third-order valence-corrected chi connectivity index (χ3v) is 5.46. The van der Waals surface area contributed by atoms with Gasteiger partial charge in [0, 0.05) is 17.5 Å². The zero-order valence-electron chi connectivity index (χ0n) is 14.8. The summed E-state index contributed by atoms with van der Waals surface area (Å²) >= 11 is 0. The van der Waals surface area contributed by atoms with Crippen molar-refractivity contribution >= 4 is 26.9 Å².